The smallest absolute Gasteiger partial charge is 0.134 e. The van der Waals surface area contributed by atoms with E-state index in [0.717, 1.165) is 31.4 Å². The van der Waals surface area contributed by atoms with Gasteiger partial charge in [0.05, 0.1) is 0 Å². The molecule has 4 heteroatoms. The minimum absolute atomic E-state index is 0. The van der Waals surface area contributed by atoms with Crippen molar-refractivity contribution >= 4 is 29.1 Å². The van der Waals surface area contributed by atoms with E-state index in [0.29, 0.717) is 0 Å². The predicted octanol–water partition coefficient (Wildman–Crippen LogP) is 6.21. The van der Waals surface area contributed by atoms with Crippen molar-refractivity contribution in [3.8, 4) is 11.1 Å². The van der Waals surface area contributed by atoms with Crippen LogP contribution in [0.3, 0.4) is 0 Å². The van der Waals surface area contributed by atoms with Gasteiger partial charge in [0.15, 0.2) is 0 Å². The lowest BCUT2D eigenvalue weighted by molar-refractivity contribution is 0.685. The van der Waals surface area contributed by atoms with Crippen molar-refractivity contribution in [3.05, 3.63) is 47.0 Å². The van der Waals surface area contributed by atoms with Gasteiger partial charge < -0.3 is 4.90 Å². The van der Waals surface area contributed by atoms with E-state index >= 15 is 0 Å². The van der Waals surface area contributed by atoms with E-state index < -0.39 is 0 Å². The molecule has 0 unspecified atom stereocenters. The Kier molecular flexibility index (Phi) is 6.94. The number of benzene rings is 2. The third-order valence-electron chi connectivity index (χ3n) is 5.07. The second-order valence-corrected chi connectivity index (χ2v) is 7.41. The second kappa shape index (κ2) is 8.79. The van der Waals surface area contributed by atoms with Gasteiger partial charge in [0.1, 0.15) is 11.3 Å². The van der Waals surface area contributed by atoms with Gasteiger partial charge in [-0.25, -0.2) is 0 Å². The lowest BCUT2D eigenvalue weighted by Gasteiger charge is -2.24. The highest BCUT2D eigenvalue weighted by molar-refractivity contribution is 6.01. The summed E-state index contributed by atoms with van der Waals surface area (Å²) in [6.07, 6.45) is 2.28. The summed E-state index contributed by atoms with van der Waals surface area (Å²) in [5.41, 5.74) is 7.63. The summed E-state index contributed by atoms with van der Waals surface area (Å²) in [6.45, 7) is 13.2. The van der Waals surface area contributed by atoms with E-state index in [1.807, 2.05) is 0 Å². The Balaban J connectivity index is 0.00000261. The molecule has 0 N–H and O–H groups in total. The Hall–Kier alpha value is -2.00. The molecule has 0 amide bonds. The Labute approximate surface area is 169 Å². The standard InChI is InChI=1S/C23H31N3.ClH/c1-7-12-26(13-8-2)23-20-11-9-10-19(22(20)24-25(23)6)21-17(4)14-16(3)15-18(21)5;/h9-11,14-15H,7-8,12-13H2,1-6H3;1H. The maximum absolute atomic E-state index is 4.95. The van der Waals surface area contributed by atoms with Gasteiger partial charge in [-0.1, -0.05) is 43.7 Å². The first-order valence-electron chi connectivity index (χ1n) is 9.76. The summed E-state index contributed by atoms with van der Waals surface area (Å²) in [6, 6.07) is 11.2. The first-order valence-corrected chi connectivity index (χ1v) is 9.76. The van der Waals surface area contributed by atoms with Crippen molar-refractivity contribution in [2.24, 2.45) is 7.05 Å². The molecule has 0 aliphatic carbocycles. The maximum Gasteiger partial charge on any atom is 0.134 e. The lowest BCUT2D eigenvalue weighted by atomic mass is 9.92. The van der Waals surface area contributed by atoms with Gasteiger partial charge in [0.2, 0.25) is 0 Å². The van der Waals surface area contributed by atoms with Crippen LogP contribution in [0.5, 0.6) is 0 Å². The Bertz CT molecular complexity index is 898. The molecular weight excluding hydrogens is 354 g/mol. The summed E-state index contributed by atoms with van der Waals surface area (Å²) < 4.78 is 2.07. The van der Waals surface area contributed by atoms with Gasteiger partial charge in [-0.3, -0.25) is 4.68 Å². The minimum atomic E-state index is 0. The monoisotopic (exact) mass is 385 g/mol. The maximum atomic E-state index is 4.95. The number of anilines is 1. The van der Waals surface area contributed by atoms with Crippen LogP contribution in [0.1, 0.15) is 43.4 Å². The molecule has 146 valence electrons. The zero-order chi connectivity index (χ0) is 18.8. The topological polar surface area (TPSA) is 21.1 Å². The molecule has 0 aliphatic heterocycles. The normalized spacial score (nSPS) is 10.9. The molecule has 0 aliphatic rings. The van der Waals surface area contributed by atoms with Crippen molar-refractivity contribution in [3.63, 3.8) is 0 Å². The summed E-state index contributed by atoms with van der Waals surface area (Å²) >= 11 is 0. The fraction of sp³-hybridized carbons (Fsp3) is 0.435. The van der Waals surface area contributed by atoms with Gasteiger partial charge in [-0.15, -0.1) is 12.4 Å². The zero-order valence-corrected chi connectivity index (χ0v) is 18.3. The molecule has 0 radical (unpaired) electrons. The molecular formula is C23H32ClN3. The molecule has 27 heavy (non-hydrogen) atoms. The number of hydrogen-bond acceptors (Lipinski definition) is 2. The Morgan fingerprint density at radius 2 is 1.56 bits per heavy atom. The van der Waals surface area contributed by atoms with Crippen molar-refractivity contribution in [1.29, 1.82) is 0 Å². The molecule has 0 fully saturated rings. The minimum Gasteiger partial charge on any atom is -0.356 e. The van der Waals surface area contributed by atoms with Crippen molar-refractivity contribution in [2.75, 3.05) is 18.0 Å². The van der Waals surface area contributed by atoms with Gasteiger partial charge >= 0.3 is 0 Å². The quantitative estimate of drug-likeness (QED) is 0.502. The fourth-order valence-electron chi connectivity index (χ4n) is 4.25. The van der Waals surface area contributed by atoms with Crippen LogP contribution in [-0.4, -0.2) is 22.9 Å². The molecule has 0 saturated carbocycles. The average Bonchev–Trinajstić information content (AvgIpc) is 2.90. The van der Waals surface area contributed by atoms with Crippen molar-refractivity contribution in [1.82, 2.24) is 9.78 Å². The first kappa shape index (κ1) is 21.3. The molecule has 1 heterocycles. The van der Waals surface area contributed by atoms with E-state index in [1.165, 1.54) is 39.0 Å². The van der Waals surface area contributed by atoms with Gasteiger partial charge in [-0.2, -0.15) is 5.10 Å². The van der Waals surface area contributed by atoms with E-state index in [4.69, 9.17) is 5.10 Å². The van der Waals surface area contributed by atoms with E-state index in [9.17, 15) is 0 Å². The number of nitrogens with zero attached hydrogens (tertiary/aromatic N) is 3. The van der Waals surface area contributed by atoms with Crippen LogP contribution in [0.15, 0.2) is 30.3 Å². The average molecular weight is 386 g/mol. The van der Waals surface area contributed by atoms with Crippen molar-refractivity contribution in [2.45, 2.75) is 47.5 Å². The Morgan fingerprint density at radius 3 is 2.11 bits per heavy atom. The van der Waals surface area contributed by atoms with Crippen LogP contribution in [0.4, 0.5) is 5.82 Å². The zero-order valence-electron chi connectivity index (χ0n) is 17.5. The molecule has 0 bridgehead atoms. The number of aryl methyl sites for hydroxylation is 4. The third kappa shape index (κ3) is 3.98. The molecule has 3 nitrogen and oxygen atoms in total. The lowest BCUT2D eigenvalue weighted by Crippen LogP contribution is -2.27. The van der Waals surface area contributed by atoms with Gasteiger partial charge in [0.25, 0.3) is 0 Å². The summed E-state index contributed by atoms with van der Waals surface area (Å²) in [5.74, 6) is 1.24. The molecule has 1 aromatic heterocycles. The van der Waals surface area contributed by atoms with Crippen LogP contribution >= 0.6 is 12.4 Å². The fourth-order valence-corrected chi connectivity index (χ4v) is 4.25. The van der Waals surface area contributed by atoms with Crippen LogP contribution < -0.4 is 4.90 Å². The second-order valence-electron chi connectivity index (χ2n) is 7.41. The predicted molar refractivity (Wildman–Crippen MR) is 120 cm³/mol. The molecule has 0 spiro atoms. The molecule has 3 rings (SSSR count). The Morgan fingerprint density at radius 1 is 0.963 bits per heavy atom. The number of halogens is 1. The number of fused-ring (bicyclic) bond motifs is 1. The number of aromatic nitrogens is 2. The number of hydrogen-bond donors (Lipinski definition) is 0. The van der Waals surface area contributed by atoms with Crippen LogP contribution in [-0.2, 0) is 7.05 Å². The molecule has 3 aromatic rings. The van der Waals surface area contributed by atoms with E-state index in [2.05, 4.69) is 81.6 Å². The highest BCUT2D eigenvalue weighted by atomic mass is 35.5. The summed E-state index contributed by atoms with van der Waals surface area (Å²) in [5, 5.41) is 6.21. The summed E-state index contributed by atoms with van der Waals surface area (Å²) in [7, 11) is 2.08. The molecule has 0 saturated heterocycles. The first-order chi connectivity index (χ1) is 12.5. The van der Waals surface area contributed by atoms with Gasteiger partial charge in [-0.05, 0) is 56.4 Å². The van der Waals surface area contributed by atoms with Crippen LogP contribution in [0, 0.1) is 20.8 Å². The van der Waals surface area contributed by atoms with Crippen LogP contribution in [0.25, 0.3) is 22.0 Å². The van der Waals surface area contributed by atoms with E-state index in [1.54, 1.807) is 0 Å². The molecule has 2 aromatic carbocycles. The molecule has 0 atom stereocenters. The largest absolute Gasteiger partial charge is 0.356 e. The number of rotatable bonds is 6. The van der Waals surface area contributed by atoms with Crippen molar-refractivity contribution < 1.29 is 0 Å². The van der Waals surface area contributed by atoms with E-state index in [-0.39, 0.29) is 12.4 Å². The summed E-state index contributed by atoms with van der Waals surface area (Å²) in [4.78, 5) is 2.48. The third-order valence-corrected chi connectivity index (χ3v) is 5.07. The highest BCUT2D eigenvalue weighted by Gasteiger charge is 2.19. The highest BCUT2D eigenvalue weighted by Crippen LogP contribution is 2.37. The van der Waals surface area contributed by atoms with Crippen LogP contribution in [0.2, 0.25) is 0 Å². The van der Waals surface area contributed by atoms with Gasteiger partial charge in [0, 0.05) is 31.1 Å². The SMILES string of the molecule is CCCN(CCC)c1c2cccc(-c3c(C)cc(C)cc3C)c2nn1C.Cl.